The van der Waals surface area contributed by atoms with E-state index < -0.39 is 11.7 Å². The number of halogens is 3. The number of hydrogen-bond acceptors (Lipinski definition) is 4. The zero-order chi connectivity index (χ0) is 22.6. The van der Waals surface area contributed by atoms with Crippen molar-refractivity contribution in [2.45, 2.75) is 32.0 Å². The molecule has 0 aliphatic carbocycles. The predicted molar refractivity (Wildman–Crippen MR) is 109 cm³/mol. The molecule has 2 aromatic rings. The molecule has 1 fully saturated rings. The van der Waals surface area contributed by atoms with Crippen molar-refractivity contribution < 1.29 is 32.2 Å². The highest BCUT2D eigenvalue weighted by Gasteiger charge is 2.32. The number of methoxy groups -OCH3 is 3. The summed E-state index contributed by atoms with van der Waals surface area (Å²) in [5.74, 6) is 1.48. The van der Waals surface area contributed by atoms with Gasteiger partial charge in [-0.3, -0.25) is 4.79 Å². The topological polar surface area (TPSA) is 48.0 Å². The van der Waals surface area contributed by atoms with Gasteiger partial charge in [-0.15, -0.1) is 0 Å². The van der Waals surface area contributed by atoms with E-state index in [0.29, 0.717) is 43.2 Å². The lowest BCUT2D eigenvalue weighted by molar-refractivity contribution is -0.137. The van der Waals surface area contributed by atoms with E-state index in [1.807, 2.05) is 12.1 Å². The molecule has 1 atom stereocenters. The van der Waals surface area contributed by atoms with E-state index >= 15 is 0 Å². The molecule has 0 saturated carbocycles. The van der Waals surface area contributed by atoms with Gasteiger partial charge in [-0.05, 0) is 54.7 Å². The molecule has 0 radical (unpaired) electrons. The van der Waals surface area contributed by atoms with Gasteiger partial charge in [0.15, 0.2) is 11.5 Å². The summed E-state index contributed by atoms with van der Waals surface area (Å²) in [6, 6.07) is 8.78. The van der Waals surface area contributed by atoms with Crippen molar-refractivity contribution in [3.05, 3.63) is 53.1 Å². The Morgan fingerprint density at radius 2 is 1.58 bits per heavy atom. The predicted octanol–water partition coefficient (Wildman–Crippen LogP) is 4.71. The number of carbonyl (C=O) groups is 1. The number of amides is 1. The number of hydrogen-bond donors (Lipinski definition) is 0. The average Bonchev–Trinajstić information content (AvgIpc) is 3.10. The summed E-state index contributed by atoms with van der Waals surface area (Å²) in [5, 5.41) is 0. The number of benzene rings is 2. The number of rotatable bonds is 8. The minimum absolute atomic E-state index is 0.0562. The van der Waals surface area contributed by atoms with E-state index in [1.54, 1.807) is 19.1 Å². The first-order valence-electron chi connectivity index (χ1n) is 10.0. The second kappa shape index (κ2) is 9.49. The van der Waals surface area contributed by atoms with Crippen molar-refractivity contribution in [3.63, 3.8) is 0 Å². The zero-order valence-electron chi connectivity index (χ0n) is 17.8. The standard InChI is InChI=1S/C23H26F3NO4/c1-29-19-12-16(13-20(30-2)21(19)31-3)14-27-11-10-17(22(27)28)7-4-15-5-8-18(9-6-15)23(24,25)26/h5-6,8-9,12-13,17H,4,7,10-11,14H2,1-3H3. The number of alkyl halides is 3. The maximum atomic E-state index is 12.8. The van der Waals surface area contributed by atoms with E-state index in [0.717, 1.165) is 29.7 Å². The van der Waals surface area contributed by atoms with Crippen molar-refractivity contribution in [1.82, 2.24) is 4.90 Å². The maximum Gasteiger partial charge on any atom is 0.416 e. The Hall–Kier alpha value is -2.90. The van der Waals surface area contributed by atoms with Crippen LogP contribution >= 0.6 is 0 Å². The minimum atomic E-state index is -4.34. The van der Waals surface area contributed by atoms with Gasteiger partial charge < -0.3 is 19.1 Å². The molecule has 1 saturated heterocycles. The van der Waals surface area contributed by atoms with Crippen LogP contribution in [-0.2, 0) is 23.9 Å². The third-order valence-corrected chi connectivity index (χ3v) is 5.57. The van der Waals surface area contributed by atoms with Gasteiger partial charge in [0.05, 0.1) is 26.9 Å². The molecule has 3 rings (SSSR count). The highest BCUT2D eigenvalue weighted by atomic mass is 19.4. The Bertz CT molecular complexity index is 887. The third-order valence-electron chi connectivity index (χ3n) is 5.57. The van der Waals surface area contributed by atoms with Crippen LogP contribution in [0.3, 0.4) is 0 Å². The normalized spacial score (nSPS) is 16.5. The molecule has 1 heterocycles. The molecule has 2 aromatic carbocycles. The van der Waals surface area contributed by atoms with Crippen molar-refractivity contribution >= 4 is 5.91 Å². The van der Waals surface area contributed by atoms with E-state index in [4.69, 9.17) is 14.2 Å². The van der Waals surface area contributed by atoms with Gasteiger partial charge in [0, 0.05) is 19.0 Å². The monoisotopic (exact) mass is 437 g/mol. The van der Waals surface area contributed by atoms with Gasteiger partial charge in [-0.1, -0.05) is 12.1 Å². The Balaban J connectivity index is 1.61. The first-order chi connectivity index (χ1) is 14.8. The molecule has 0 N–H and O–H groups in total. The number of ether oxygens (including phenoxy) is 3. The smallest absolute Gasteiger partial charge is 0.416 e. The zero-order valence-corrected chi connectivity index (χ0v) is 17.8. The van der Waals surface area contributed by atoms with Crippen molar-refractivity contribution in [1.29, 1.82) is 0 Å². The Kier molecular flexibility index (Phi) is 6.97. The number of likely N-dealkylation sites (tertiary alicyclic amines) is 1. The lowest BCUT2D eigenvalue weighted by Crippen LogP contribution is -2.27. The quantitative estimate of drug-likeness (QED) is 0.600. The number of aryl methyl sites for hydroxylation is 1. The van der Waals surface area contributed by atoms with Crippen LogP contribution in [0.2, 0.25) is 0 Å². The minimum Gasteiger partial charge on any atom is -0.493 e. The van der Waals surface area contributed by atoms with Crippen LogP contribution in [0.15, 0.2) is 36.4 Å². The highest BCUT2D eigenvalue weighted by molar-refractivity contribution is 5.81. The summed E-state index contributed by atoms with van der Waals surface area (Å²) in [5.41, 5.74) is 1.000. The second-order valence-corrected chi connectivity index (χ2v) is 7.51. The molecule has 0 spiro atoms. The summed E-state index contributed by atoms with van der Waals surface area (Å²) in [6.07, 6.45) is -2.44. The molecule has 8 heteroatoms. The molecule has 5 nitrogen and oxygen atoms in total. The van der Waals surface area contributed by atoms with Gasteiger partial charge in [-0.2, -0.15) is 13.2 Å². The number of carbonyl (C=O) groups excluding carboxylic acids is 1. The molecule has 168 valence electrons. The molecule has 0 bridgehead atoms. The lowest BCUT2D eigenvalue weighted by Gasteiger charge is -2.19. The summed E-state index contributed by atoms with van der Waals surface area (Å²) >= 11 is 0. The summed E-state index contributed by atoms with van der Waals surface area (Å²) in [4.78, 5) is 14.6. The third kappa shape index (κ3) is 5.24. The highest BCUT2D eigenvalue weighted by Crippen LogP contribution is 2.39. The van der Waals surface area contributed by atoms with Gasteiger partial charge in [-0.25, -0.2) is 0 Å². The van der Waals surface area contributed by atoms with Gasteiger partial charge in [0.2, 0.25) is 11.7 Å². The Labute approximate surface area is 179 Å². The van der Waals surface area contributed by atoms with Gasteiger partial charge in [0.1, 0.15) is 0 Å². The number of nitrogens with zero attached hydrogens (tertiary/aromatic N) is 1. The molecule has 1 aliphatic heterocycles. The fraction of sp³-hybridized carbons (Fsp3) is 0.435. The van der Waals surface area contributed by atoms with Crippen LogP contribution in [0.4, 0.5) is 13.2 Å². The Morgan fingerprint density at radius 1 is 0.968 bits per heavy atom. The Morgan fingerprint density at radius 3 is 2.10 bits per heavy atom. The van der Waals surface area contributed by atoms with Crippen LogP contribution in [0.1, 0.15) is 29.5 Å². The van der Waals surface area contributed by atoms with Crippen molar-refractivity contribution in [2.75, 3.05) is 27.9 Å². The summed E-state index contributed by atoms with van der Waals surface area (Å²) in [7, 11) is 4.62. The largest absolute Gasteiger partial charge is 0.493 e. The maximum absolute atomic E-state index is 12.8. The van der Waals surface area contributed by atoms with Crippen molar-refractivity contribution in [2.24, 2.45) is 5.92 Å². The van der Waals surface area contributed by atoms with E-state index in [2.05, 4.69) is 0 Å². The van der Waals surface area contributed by atoms with Crippen LogP contribution in [-0.4, -0.2) is 38.7 Å². The van der Waals surface area contributed by atoms with Crippen LogP contribution in [0.25, 0.3) is 0 Å². The second-order valence-electron chi connectivity index (χ2n) is 7.51. The molecule has 1 unspecified atom stereocenters. The first-order valence-corrected chi connectivity index (χ1v) is 10.0. The molecule has 31 heavy (non-hydrogen) atoms. The molecule has 1 aliphatic rings. The molecule has 1 amide bonds. The van der Waals surface area contributed by atoms with Crippen LogP contribution in [0.5, 0.6) is 17.2 Å². The fourth-order valence-electron chi connectivity index (χ4n) is 3.88. The summed E-state index contributed by atoms with van der Waals surface area (Å²) < 4.78 is 54.1. The average molecular weight is 437 g/mol. The molecular weight excluding hydrogens is 411 g/mol. The summed E-state index contributed by atoms with van der Waals surface area (Å²) in [6.45, 7) is 1.06. The van der Waals surface area contributed by atoms with E-state index in [1.165, 1.54) is 19.2 Å². The fourth-order valence-corrected chi connectivity index (χ4v) is 3.88. The van der Waals surface area contributed by atoms with E-state index in [9.17, 15) is 18.0 Å². The van der Waals surface area contributed by atoms with Crippen molar-refractivity contribution in [3.8, 4) is 17.2 Å². The van der Waals surface area contributed by atoms with Crippen LogP contribution in [0, 0.1) is 5.92 Å². The first kappa shape index (κ1) is 22.8. The van der Waals surface area contributed by atoms with Crippen LogP contribution < -0.4 is 14.2 Å². The lowest BCUT2D eigenvalue weighted by atomic mass is 9.97. The van der Waals surface area contributed by atoms with Gasteiger partial charge in [0.25, 0.3) is 0 Å². The van der Waals surface area contributed by atoms with Gasteiger partial charge >= 0.3 is 6.18 Å². The SMILES string of the molecule is COc1cc(CN2CCC(CCc3ccc(C(F)(F)F)cc3)C2=O)cc(OC)c1OC. The molecule has 0 aromatic heterocycles. The van der Waals surface area contributed by atoms with E-state index in [-0.39, 0.29) is 11.8 Å². The molecular formula is C23H26F3NO4.